The Labute approximate surface area is 192 Å². The minimum atomic E-state index is 0. The number of halogens is 1. The third-order valence-electron chi connectivity index (χ3n) is 4.44. The van der Waals surface area contributed by atoms with Gasteiger partial charge in [0.1, 0.15) is 0 Å². The smallest absolute Gasteiger partial charge is 0.225 e. The number of guanidine groups is 1. The molecule has 3 heterocycles. The second-order valence-corrected chi connectivity index (χ2v) is 7.20. The second kappa shape index (κ2) is 12.6. The molecule has 0 atom stereocenters. The van der Waals surface area contributed by atoms with Gasteiger partial charge >= 0.3 is 0 Å². The zero-order valence-electron chi connectivity index (χ0n) is 16.6. The van der Waals surface area contributed by atoms with E-state index in [1.807, 2.05) is 23.3 Å². The third kappa shape index (κ3) is 7.42. The van der Waals surface area contributed by atoms with Gasteiger partial charge in [-0.2, -0.15) is 11.3 Å². The molecule has 2 aromatic heterocycles. The molecule has 0 unspecified atom stereocenters. The van der Waals surface area contributed by atoms with Crippen molar-refractivity contribution in [3.63, 3.8) is 0 Å². The van der Waals surface area contributed by atoms with Crippen molar-refractivity contribution in [2.24, 2.45) is 4.99 Å². The summed E-state index contributed by atoms with van der Waals surface area (Å²) in [6.07, 6.45) is 3.94. The van der Waals surface area contributed by atoms with Gasteiger partial charge in [0.25, 0.3) is 0 Å². The fourth-order valence-corrected chi connectivity index (χ4v) is 3.61. The lowest BCUT2D eigenvalue weighted by Gasteiger charge is -2.34. The molecule has 0 saturated carbocycles. The minimum Gasteiger partial charge on any atom is -0.357 e. The maximum Gasteiger partial charge on any atom is 0.225 e. The summed E-state index contributed by atoms with van der Waals surface area (Å²) in [6, 6.07) is 3.88. The monoisotopic (exact) mass is 529 g/mol. The number of carbonyl (C=O) groups is 1. The van der Waals surface area contributed by atoms with Crippen molar-refractivity contribution in [2.45, 2.75) is 19.9 Å². The Morgan fingerprint density at radius 2 is 1.97 bits per heavy atom. The summed E-state index contributed by atoms with van der Waals surface area (Å²) in [7, 11) is 0. The van der Waals surface area contributed by atoms with Crippen LogP contribution in [-0.4, -0.2) is 66.0 Å². The molecule has 1 aliphatic heterocycles. The van der Waals surface area contributed by atoms with Crippen LogP contribution in [0.5, 0.6) is 0 Å². The molecule has 0 aromatic carbocycles. The average Bonchev–Trinajstić information content (AvgIpc) is 3.26. The highest BCUT2D eigenvalue weighted by Gasteiger charge is 2.22. The van der Waals surface area contributed by atoms with Gasteiger partial charge in [0.05, 0.1) is 6.54 Å². The highest BCUT2D eigenvalue weighted by atomic mass is 127. The Morgan fingerprint density at radius 3 is 2.62 bits per heavy atom. The van der Waals surface area contributed by atoms with Crippen molar-refractivity contribution in [3.8, 4) is 0 Å². The van der Waals surface area contributed by atoms with Crippen LogP contribution >= 0.6 is 35.3 Å². The number of thiophene rings is 1. The number of piperazine rings is 1. The molecule has 10 heteroatoms. The lowest BCUT2D eigenvalue weighted by Crippen LogP contribution is -2.50. The molecule has 0 bridgehead atoms. The van der Waals surface area contributed by atoms with E-state index < -0.39 is 0 Å². The maximum absolute atomic E-state index is 12.5. The van der Waals surface area contributed by atoms with Gasteiger partial charge < -0.3 is 20.4 Å². The van der Waals surface area contributed by atoms with Crippen LogP contribution < -0.4 is 15.5 Å². The molecule has 1 fully saturated rings. The van der Waals surface area contributed by atoms with Gasteiger partial charge in [-0.05, 0) is 35.4 Å². The fourth-order valence-electron chi connectivity index (χ4n) is 2.95. The Hall–Kier alpha value is -1.95. The number of nitrogens with one attached hydrogen (secondary N) is 2. The molecule has 1 aliphatic rings. The summed E-state index contributed by atoms with van der Waals surface area (Å²) in [6.45, 7) is 6.93. The van der Waals surface area contributed by atoms with E-state index in [-0.39, 0.29) is 29.9 Å². The van der Waals surface area contributed by atoms with E-state index in [2.05, 4.69) is 41.9 Å². The zero-order valence-corrected chi connectivity index (χ0v) is 19.7. The largest absolute Gasteiger partial charge is 0.357 e. The highest BCUT2D eigenvalue weighted by molar-refractivity contribution is 14.0. The topological polar surface area (TPSA) is 85.8 Å². The standard InChI is InChI=1S/C19H27N7OS.HI/c1-2-20-18(24-14-16-5-13-28-15-16)21-8-4-17(27)25-9-11-26(12-10-25)19-22-6-3-7-23-19;/h3,5-7,13,15H,2,4,8-12,14H2,1H3,(H2,20,21,24);1H. The van der Waals surface area contributed by atoms with Gasteiger partial charge in [-0.15, -0.1) is 24.0 Å². The number of nitrogens with zero attached hydrogens (tertiary/aromatic N) is 5. The van der Waals surface area contributed by atoms with Crippen LogP contribution in [0, 0.1) is 0 Å². The fraction of sp³-hybridized carbons (Fsp3) is 0.474. The van der Waals surface area contributed by atoms with Crippen LogP contribution in [0.25, 0.3) is 0 Å². The molecule has 158 valence electrons. The molecule has 8 nitrogen and oxygen atoms in total. The number of hydrogen-bond acceptors (Lipinski definition) is 6. The van der Waals surface area contributed by atoms with Gasteiger partial charge in [0.15, 0.2) is 5.96 Å². The average molecular weight is 529 g/mol. The summed E-state index contributed by atoms with van der Waals surface area (Å²) >= 11 is 1.67. The zero-order chi connectivity index (χ0) is 19.6. The van der Waals surface area contributed by atoms with E-state index in [1.54, 1.807) is 23.7 Å². The van der Waals surface area contributed by atoms with Crippen molar-refractivity contribution >= 4 is 53.1 Å². The van der Waals surface area contributed by atoms with E-state index in [9.17, 15) is 4.79 Å². The van der Waals surface area contributed by atoms with Gasteiger partial charge in [0, 0.05) is 58.1 Å². The van der Waals surface area contributed by atoms with Crippen LogP contribution in [0.3, 0.4) is 0 Å². The normalized spacial score (nSPS) is 14.3. The van der Waals surface area contributed by atoms with Crippen molar-refractivity contribution in [2.75, 3.05) is 44.2 Å². The summed E-state index contributed by atoms with van der Waals surface area (Å²) < 4.78 is 0. The molecule has 0 spiro atoms. The molecule has 29 heavy (non-hydrogen) atoms. The first-order valence-corrected chi connectivity index (χ1v) is 10.5. The van der Waals surface area contributed by atoms with Crippen molar-refractivity contribution in [1.29, 1.82) is 0 Å². The molecule has 0 radical (unpaired) electrons. The van der Waals surface area contributed by atoms with Gasteiger partial charge in [-0.3, -0.25) is 4.79 Å². The maximum atomic E-state index is 12.5. The van der Waals surface area contributed by atoms with Crippen LogP contribution in [-0.2, 0) is 11.3 Å². The number of amides is 1. The number of rotatable bonds is 7. The Morgan fingerprint density at radius 1 is 1.21 bits per heavy atom. The molecule has 1 saturated heterocycles. The number of hydrogen-bond donors (Lipinski definition) is 2. The Bertz CT molecular complexity index is 749. The molecule has 2 N–H and O–H groups in total. The van der Waals surface area contributed by atoms with Gasteiger partial charge in [-0.1, -0.05) is 0 Å². The summed E-state index contributed by atoms with van der Waals surface area (Å²) in [5, 5.41) is 10.6. The number of aromatic nitrogens is 2. The molecular formula is C19H28IN7OS. The molecular weight excluding hydrogens is 501 g/mol. The number of carbonyl (C=O) groups excluding carboxylic acids is 1. The Balaban J connectivity index is 0.00000300. The summed E-state index contributed by atoms with van der Waals surface area (Å²) in [5.41, 5.74) is 1.19. The first-order valence-electron chi connectivity index (χ1n) is 9.59. The lowest BCUT2D eigenvalue weighted by atomic mass is 10.3. The van der Waals surface area contributed by atoms with Crippen LogP contribution in [0.2, 0.25) is 0 Å². The highest BCUT2D eigenvalue weighted by Crippen LogP contribution is 2.10. The van der Waals surface area contributed by atoms with Gasteiger partial charge in [0.2, 0.25) is 11.9 Å². The Kier molecular flexibility index (Phi) is 10.1. The van der Waals surface area contributed by atoms with E-state index in [0.29, 0.717) is 32.6 Å². The molecule has 0 aliphatic carbocycles. The van der Waals surface area contributed by atoms with Crippen molar-refractivity contribution < 1.29 is 4.79 Å². The second-order valence-electron chi connectivity index (χ2n) is 6.42. The SMILES string of the molecule is CCNC(=NCc1ccsc1)NCCC(=O)N1CCN(c2ncccn2)CC1.I. The van der Waals surface area contributed by atoms with E-state index >= 15 is 0 Å². The van der Waals surface area contributed by atoms with E-state index in [4.69, 9.17) is 0 Å². The summed E-state index contributed by atoms with van der Waals surface area (Å²) in [5.74, 6) is 1.63. The first kappa shape index (κ1) is 23.3. The van der Waals surface area contributed by atoms with Crippen LogP contribution in [0.15, 0.2) is 40.3 Å². The predicted octanol–water partition coefficient (Wildman–Crippen LogP) is 1.95. The molecule has 3 rings (SSSR count). The van der Waals surface area contributed by atoms with Gasteiger partial charge in [-0.25, -0.2) is 15.0 Å². The van der Waals surface area contributed by atoms with Crippen molar-refractivity contribution in [3.05, 3.63) is 40.8 Å². The van der Waals surface area contributed by atoms with Crippen LogP contribution in [0.1, 0.15) is 18.9 Å². The lowest BCUT2D eigenvalue weighted by molar-refractivity contribution is -0.131. The van der Waals surface area contributed by atoms with Crippen molar-refractivity contribution in [1.82, 2.24) is 25.5 Å². The minimum absolute atomic E-state index is 0. The quantitative estimate of drug-likeness (QED) is 0.324. The number of anilines is 1. The predicted molar refractivity (Wildman–Crippen MR) is 128 cm³/mol. The molecule has 2 aromatic rings. The van der Waals surface area contributed by atoms with E-state index in [1.165, 1.54) is 5.56 Å². The number of aliphatic imine (C=N–C) groups is 1. The third-order valence-corrected chi connectivity index (χ3v) is 5.17. The first-order chi connectivity index (χ1) is 13.8. The van der Waals surface area contributed by atoms with E-state index in [0.717, 1.165) is 31.5 Å². The summed E-state index contributed by atoms with van der Waals surface area (Å²) in [4.78, 5) is 29.6. The van der Waals surface area contributed by atoms with Crippen LogP contribution in [0.4, 0.5) is 5.95 Å². The molecule has 1 amide bonds.